The average Bonchev–Trinajstić information content (AvgIpc) is 2.47. The average molecular weight is 267 g/mol. The number of amides is 1. The highest BCUT2D eigenvalue weighted by Crippen LogP contribution is 2.17. The molecule has 0 heterocycles. The van der Waals surface area contributed by atoms with Crippen LogP contribution in [0.3, 0.4) is 0 Å². The Hall–Kier alpha value is -3.20. The topological polar surface area (TPSA) is 96.0 Å². The Bertz CT molecular complexity index is 702. The molecule has 2 aromatic carbocycles. The molecule has 2 rings (SSSR count). The van der Waals surface area contributed by atoms with Crippen molar-refractivity contribution in [1.29, 1.82) is 5.26 Å². The summed E-state index contributed by atoms with van der Waals surface area (Å²) in [4.78, 5) is 22.0. The molecule has 2 aromatic rings. The molecule has 0 atom stereocenters. The molecule has 98 valence electrons. The SMILES string of the molecule is N#Cc1ccccc1C(=O)Nc1ccc([N+](=O)[O-])cc1. The van der Waals surface area contributed by atoms with Gasteiger partial charge in [-0.05, 0) is 24.3 Å². The predicted molar refractivity (Wildman–Crippen MR) is 72.2 cm³/mol. The van der Waals surface area contributed by atoms with Crippen LogP contribution in [0, 0.1) is 21.4 Å². The van der Waals surface area contributed by atoms with Crippen molar-refractivity contribution in [2.75, 3.05) is 5.32 Å². The van der Waals surface area contributed by atoms with Crippen LogP contribution in [0.4, 0.5) is 11.4 Å². The summed E-state index contributed by atoms with van der Waals surface area (Å²) in [6, 6.07) is 13.8. The van der Waals surface area contributed by atoms with Crippen LogP contribution >= 0.6 is 0 Å². The fourth-order valence-corrected chi connectivity index (χ4v) is 1.64. The highest BCUT2D eigenvalue weighted by atomic mass is 16.6. The van der Waals surface area contributed by atoms with E-state index in [1.54, 1.807) is 24.3 Å². The first-order valence-corrected chi connectivity index (χ1v) is 5.67. The number of nitrogens with zero attached hydrogens (tertiary/aromatic N) is 2. The molecule has 6 nitrogen and oxygen atoms in total. The third-order valence-corrected chi connectivity index (χ3v) is 2.63. The summed E-state index contributed by atoms with van der Waals surface area (Å²) in [6.07, 6.45) is 0. The first-order valence-electron chi connectivity index (χ1n) is 5.67. The van der Waals surface area contributed by atoms with Crippen LogP contribution < -0.4 is 5.32 Å². The molecule has 1 N–H and O–H groups in total. The molecule has 1 amide bonds. The third kappa shape index (κ3) is 2.79. The number of hydrogen-bond donors (Lipinski definition) is 1. The molecule has 0 aliphatic carbocycles. The molecule has 20 heavy (non-hydrogen) atoms. The van der Waals surface area contributed by atoms with E-state index in [1.807, 2.05) is 6.07 Å². The van der Waals surface area contributed by atoms with Crippen molar-refractivity contribution in [2.45, 2.75) is 0 Å². The fraction of sp³-hybridized carbons (Fsp3) is 0. The van der Waals surface area contributed by atoms with Gasteiger partial charge in [-0.1, -0.05) is 12.1 Å². The van der Waals surface area contributed by atoms with Crippen LogP contribution in [0.15, 0.2) is 48.5 Å². The van der Waals surface area contributed by atoms with Crippen molar-refractivity contribution in [2.24, 2.45) is 0 Å². The molecule has 0 aromatic heterocycles. The number of rotatable bonds is 3. The minimum Gasteiger partial charge on any atom is -0.322 e. The molecule has 0 bridgehead atoms. The van der Waals surface area contributed by atoms with E-state index >= 15 is 0 Å². The Morgan fingerprint density at radius 2 is 1.80 bits per heavy atom. The molecule has 0 unspecified atom stereocenters. The lowest BCUT2D eigenvalue weighted by molar-refractivity contribution is -0.384. The van der Waals surface area contributed by atoms with Crippen LogP contribution in [-0.4, -0.2) is 10.8 Å². The van der Waals surface area contributed by atoms with Crippen LogP contribution in [0.25, 0.3) is 0 Å². The predicted octanol–water partition coefficient (Wildman–Crippen LogP) is 2.72. The minimum absolute atomic E-state index is 0.0552. The number of nitrogens with one attached hydrogen (secondary N) is 1. The second-order valence-electron chi connectivity index (χ2n) is 3.92. The van der Waals surface area contributed by atoms with Gasteiger partial charge in [0.25, 0.3) is 11.6 Å². The number of anilines is 1. The third-order valence-electron chi connectivity index (χ3n) is 2.63. The number of nitriles is 1. The van der Waals surface area contributed by atoms with E-state index < -0.39 is 10.8 Å². The summed E-state index contributed by atoms with van der Waals surface area (Å²) in [5.74, 6) is -0.434. The van der Waals surface area contributed by atoms with Gasteiger partial charge in [0.1, 0.15) is 0 Å². The van der Waals surface area contributed by atoms with Gasteiger partial charge in [0.05, 0.1) is 22.1 Å². The Morgan fingerprint density at radius 1 is 1.15 bits per heavy atom. The Morgan fingerprint density at radius 3 is 2.40 bits per heavy atom. The lowest BCUT2D eigenvalue weighted by Gasteiger charge is -2.06. The van der Waals surface area contributed by atoms with Gasteiger partial charge >= 0.3 is 0 Å². The van der Waals surface area contributed by atoms with E-state index in [-0.39, 0.29) is 16.8 Å². The van der Waals surface area contributed by atoms with Gasteiger partial charge in [-0.3, -0.25) is 14.9 Å². The van der Waals surface area contributed by atoms with E-state index in [0.717, 1.165) is 0 Å². The zero-order chi connectivity index (χ0) is 14.5. The normalized spacial score (nSPS) is 9.55. The number of benzene rings is 2. The molecule has 0 aliphatic heterocycles. The first-order chi connectivity index (χ1) is 9.61. The Kier molecular flexibility index (Phi) is 3.72. The van der Waals surface area contributed by atoms with Crippen molar-refractivity contribution in [1.82, 2.24) is 0 Å². The molecule has 0 spiro atoms. The number of nitro groups is 1. The monoisotopic (exact) mass is 267 g/mol. The lowest BCUT2D eigenvalue weighted by atomic mass is 10.1. The van der Waals surface area contributed by atoms with Crippen molar-refractivity contribution in [3.63, 3.8) is 0 Å². The van der Waals surface area contributed by atoms with Gasteiger partial charge < -0.3 is 5.32 Å². The quantitative estimate of drug-likeness (QED) is 0.683. The second-order valence-corrected chi connectivity index (χ2v) is 3.92. The second kappa shape index (κ2) is 5.63. The van der Waals surface area contributed by atoms with Gasteiger partial charge in [-0.15, -0.1) is 0 Å². The van der Waals surface area contributed by atoms with E-state index in [2.05, 4.69) is 5.32 Å². The highest BCUT2D eigenvalue weighted by molar-refractivity contribution is 6.05. The maximum Gasteiger partial charge on any atom is 0.269 e. The van der Waals surface area contributed by atoms with Crippen LogP contribution in [0.1, 0.15) is 15.9 Å². The Balaban J connectivity index is 2.20. The summed E-state index contributed by atoms with van der Waals surface area (Å²) in [7, 11) is 0. The van der Waals surface area contributed by atoms with Crippen molar-refractivity contribution < 1.29 is 9.72 Å². The van der Waals surface area contributed by atoms with Crippen molar-refractivity contribution in [3.8, 4) is 6.07 Å². The summed E-state index contributed by atoms with van der Waals surface area (Å²) in [5, 5.41) is 22.0. The zero-order valence-electron chi connectivity index (χ0n) is 10.2. The van der Waals surface area contributed by atoms with E-state index in [9.17, 15) is 14.9 Å². The largest absolute Gasteiger partial charge is 0.322 e. The number of non-ortho nitro benzene ring substituents is 1. The summed E-state index contributed by atoms with van der Waals surface area (Å²) in [5.41, 5.74) is 0.897. The molecule has 0 fully saturated rings. The summed E-state index contributed by atoms with van der Waals surface area (Å²) < 4.78 is 0. The maximum absolute atomic E-state index is 12.0. The summed E-state index contributed by atoms with van der Waals surface area (Å²) >= 11 is 0. The first kappa shape index (κ1) is 13.2. The van der Waals surface area contributed by atoms with Crippen LogP contribution in [-0.2, 0) is 0 Å². The molecular formula is C14H9N3O3. The lowest BCUT2D eigenvalue weighted by Crippen LogP contribution is -2.13. The minimum atomic E-state index is -0.517. The van der Waals surface area contributed by atoms with Gasteiger partial charge in [0, 0.05) is 17.8 Å². The van der Waals surface area contributed by atoms with Crippen molar-refractivity contribution >= 4 is 17.3 Å². The van der Waals surface area contributed by atoms with Gasteiger partial charge in [-0.25, -0.2) is 0 Å². The molecule has 0 saturated carbocycles. The molecule has 6 heteroatoms. The van der Waals surface area contributed by atoms with E-state index in [0.29, 0.717) is 5.69 Å². The maximum atomic E-state index is 12.0. The molecular weight excluding hydrogens is 258 g/mol. The number of hydrogen-bond acceptors (Lipinski definition) is 4. The summed E-state index contributed by atoms with van der Waals surface area (Å²) in [6.45, 7) is 0. The standard InChI is InChI=1S/C14H9N3O3/c15-9-10-3-1-2-4-13(10)14(18)16-11-5-7-12(8-6-11)17(19)20/h1-8H,(H,16,18). The number of carbonyl (C=O) groups is 1. The fourth-order valence-electron chi connectivity index (χ4n) is 1.64. The number of carbonyl (C=O) groups excluding carboxylic acids is 1. The van der Waals surface area contributed by atoms with Gasteiger partial charge in [-0.2, -0.15) is 5.26 Å². The van der Waals surface area contributed by atoms with Crippen LogP contribution in [0.2, 0.25) is 0 Å². The smallest absolute Gasteiger partial charge is 0.269 e. The van der Waals surface area contributed by atoms with E-state index in [1.165, 1.54) is 24.3 Å². The van der Waals surface area contributed by atoms with Crippen molar-refractivity contribution in [3.05, 3.63) is 69.8 Å². The van der Waals surface area contributed by atoms with E-state index in [4.69, 9.17) is 5.26 Å². The molecule has 0 saturated heterocycles. The van der Waals surface area contributed by atoms with Gasteiger partial charge in [0.2, 0.25) is 0 Å². The van der Waals surface area contributed by atoms with Gasteiger partial charge in [0.15, 0.2) is 0 Å². The Labute approximate surface area is 114 Å². The molecule has 0 aliphatic rings. The number of nitro benzene ring substituents is 1. The highest BCUT2D eigenvalue weighted by Gasteiger charge is 2.11. The zero-order valence-corrected chi connectivity index (χ0v) is 10.2. The molecule has 0 radical (unpaired) electrons. The van der Waals surface area contributed by atoms with Crippen LogP contribution in [0.5, 0.6) is 0 Å².